The van der Waals surface area contributed by atoms with Gasteiger partial charge < -0.3 is 14.6 Å². The molecule has 1 N–H and O–H groups in total. The first kappa shape index (κ1) is 26.5. The number of ketones is 1. The van der Waals surface area contributed by atoms with Gasteiger partial charge in [0, 0.05) is 17.3 Å². The molecule has 6 nitrogen and oxygen atoms in total. The van der Waals surface area contributed by atoms with Crippen molar-refractivity contribution in [3.8, 4) is 11.5 Å². The highest BCUT2D eigenvalue weighted by Gasteiger charge is 2.47. The van der Waals surface area contributed by atoms with Crippen LogP contribution in [0.4, 0.5) is 5.69 Å². The molecule has 0 aromatic heterocycles. The number of Topliss-reactive ketones (excluding diaryl/α,β-unsaturated/α-hetero) is 1. The molecule has 0 spiro atoms. The number of benzene rings is 3. The van der Waals surface area contributed by atoms with Crippen LogP contribution in [0.3, 0.4) is 0 Å². The molecule has 39 heavy (non-hydrogen) atoms. The standard InChI is InChI=1S/C33H35NO5/c1-5-17-38-26-10-6-9-25(20-26)34-29(21-11-14-24(15-12-21)33(2,3)4)28(31(36)32(34)37)30(35)23-13-16-27-22(19-23)8-7-18-39-27/h6,9-16,19-20,29,35H,5,7-8,17-18H2,1-4H3/b30-28-. The Morgan fingerprint density at radius 3 is 2.54 bits per heavy atom. The third-order valence-corrected chi connectivity index (χ3v) is 7.29. The van der Waals surface area contributed by atoms with Crippen molar-refractivity contribution in [2.75, 3.05) is 18.1 Å². The van der Waals surface area contributed by atoms with Gasteiger partial charge in [0.1, 0.15) is 17.3 Å². The number of nitrogens with zero attached hydrogens (tertiary/aromatic N) is 1. The Morgan fingerprint density at radius 2 is 1.82 bits per heavy atom. The summed E-state index contributed by atoms with van der Waals surface area (Å²) in [5, 5.41) is 11.6. The Labute approximate surface area is 229 Å². The normalized spacial score (nSPS) is 18.6. The van der Waals surface area contributed by atoms with Crippen molar-refractivity contribution in [3.05, 3.63) is 94.6 Å². The summed E-state index contributed by atoms with van der Waals surface area (Å²) in [4.78, 5) is 28.7. The predicted octanol–water partition coefficient (Wildman–Crippen LogP) is 6.72. The number of fused-ring (bicyclic) bond motifs is 1. The molecule has 6 heteroatoms. The van der Waals surface area contributed by atoms with Gasteiger partial charge in [-0.1, -0.05) is 58.0 Å². The second kappa shape index (κ2) is 10.6. The summed E-state index contributed by atoms with van der Waals surface area (Å²) >= 11 is 0. The van der Waals surface area contributed by atoms with Gasteiger partial charge in [-0.25, -0.2) is 0 Å². The van der Waals surface area contributed by atoms with Crippen LogP contribution >= 0.6 is 0 Å². The maximum absolute atomic E-state index is 13.6. The number of anilines is 1. The lowest BCUT2D eigenvalue weighted by Gasteiger charge is -2.27. The van der Waals surface area contributed by atoms with Gasteiger partial charge in [0.15, 0.2) is 0 Å². The van der Waals surface area contributed by atoms with Crippen LogP contribution in [0.5, 0.6) is 11.5 Å². The Hall–Kier alpha value is -4.06. The van der Waals surface area contributed by atoms with E-state index in [1.54, 1.807) is 18.2 Å². The summed E-state index contributed by atoms with van der Waals surface area (Å²) in [7, 11) is 0. The summed E-state index contributed by atoms with van der Waals surface area (Å²) in [5.74, 6) is -0.182. The molecule has 1 saturated heterocycles. The van der Waals surface area contributed by atoms with E-state index in [0.717, 1.165) is 41.7 Å². The smallest absolute Gasteiger partial charge is 0.300 e. The molecule has 3 aromatic rings. The van der Waals surface area contributed by atoms with Crippen molar-refractivity contribution >= 4 is 23.1 Å². The molecule has 0 saturated carbocycles. The van der Waals surface area contributed by atoms with Crippen LogP contribution in [0.1, 0.15) is 68.8 Å². The highest BCUT2D eigenvalue weighted by atomic mass is 16.5. The van der Waals surface area contributed by atoms with E-state index < -0.39 is 17.7 Å². The fourth-order valence-corrected chi connectivity index (χ4v) is 5.19. The van der Waals surface area contributed by atoms with E-state index in [0.29, 0.717) is 30.2 Å². The van der Waals surface area contributed by atoms with Crippen LogP contribution in [-0.2, 0) is 21.4 Å². The minimum atomic E-state index is -0.798. The van der Waals surface area contributed by atoms with Crippen molar-refractivity contribution in [2.45, 2.75) is 58.4 Å². The zero-order valence-electron chi connectivity index (χ0n) is 23.0. The number of rotatable bonds is 6. The average molecular weight is 526 g/mol. The van der Waals surface area contributed by atoms with Crippen molar-refractivity contribution in [1.29, 1.82) is 0 Å². The predicted molar refractivity (Wildman–Crippen MR) is 152 cm³/mol. The maximum atomic E-state index is 13.6. The van der Waals surface area contributed by atoms with Crippen molar-refractivity contribution in [3.63, 3.8) is 0 Å². The highest BCUT2D eigenvalue weighted by Crippen LogP contribution is 2.43. The van der Waals surface area contributed by atoms with E-state index in [9.17, 15) is 14.7 Å². The zero-order chi connectivity index (χ0) is 27.7. The first-order valence-electron chi connectivity index (χ1n) is 13.6. The van der Waals surface area contributed by atoms with Crippen molar-refractivity contribution < 1.29 is 24.2 Å². The summed E-state index contributed by atoms with van der Waals surface area (Å²) in [6, 6.07) is 19.7. The molecular formula is C33H35NO5. The second-order valence-corrected chi connectivity index (χ2v) is 11.2. The molecule has 1 fully saturated rings. The van der Waals surface area contributed by atoms with Crippen LogP contribution in [0.2, 0.25) is 0 Å². The van der Waals surface area contributed by atoms with Crippen LogP contribution in [-0.4, -0.2) is 30.0 Å². The average Bonchev–Trinajstić information content (AvgIpc) is 3.21. The molecule has 2 heterocycles. The molecule has 3 aromatic carbocycles. The highest BCUT2D eigenvalue weighted by molar-refractivity contribution is 6.51. The van der Waals surface area contributed by atoms with Gasteiger partial charge in [0.25, 0.3) is 11.7 Å². The molecule has 0 aliphatic carbocycles. The van der Waals surface area contributed by atoms with E-state index in [4.69, 9.17) is 9.47 Å². The topological polar surface area (TPSA) is 76.1 Å². The van der Waals surface area contributed by atoms with E-state index >= 15 is 0 Å². The molecule has 0 radical (unpaired) electrons. The number of ether oxygens (including phenoxy) is 2. The minimum absolute atomic E-state index is 0.0590. The molecule has 5 rings (SSSR count). The van der Waals surface area contributed by atoms with Crippen LogP contribution in [0, 0.1) is 0 Å². The van der Waals surface area contributed by atoms with Gasteiger partial charge in [-0.3, -0.25) is 14.5 Å². The molecular weight excluding hydrogens is 490 g/mol. The number of aryl methyl sites for hydroxylation is 1. The fourth-order valence-electron chi connectivity index (χ4n) is 5.19. The Bertz CT molecular complexity index is 1430. The number of aliphatic hydroxyl groups is 1. The Balaban J connectivity index is 1.65. The lowest BCUT2D eigenvalue weighted by Crippen LogP contribution is -2.29. The number of hydrogen-bond donors (Lipinski definition) is 1. The lowest BCUT2D eigenvalue weighted by molar-refractivity contribution is -0.132. The summed E-state index contributed by atoms with van der Waals surface area (Å²) in [6.07, 6.45) is 2.56. The first-order chi connectivity index (χ1) is 18.7. The third-order valence-electron chi connectivity index (χ3n) is 7.29. The third kappa shape index (κ3) is 5.16. The van der Waals surface area contributed by atoms with Crippen LogP contribution < -0.4 is 14.4 Å². The quantitative estimate of drug-likeness (QED) is 0.220. The molecule has 1 amide bonds. The van der Waals surface area contributed by atoms with Gasteiger partial charge in [-0.05, 0) is 71.7 Å². The maximum Gasteiger partial charge on any atom is 0.300 e. The number of amides is 1. The Kier molecular flexibility index (Phi) is 7.21. The summed E-state index contributed by atoms with van der Waals surface area (Å²) in [5.41, 5.74) is 3.89. The molecule has 1 atom stereocenters. The summed E-state index contributed by atoms with van der Waals surface area (Å²) < 4.78 is 11.5. The van der Waals surface area contributed by atoms with E-state index in [2.05, 4.69) is 20.8 Å². The van der Waals surface area contributed by atoms with Crippen LogP contribution in [0.15, 0.2) is 72.3 Å². The van der Waals surface area contributed by atoms with Gasteiger partial charge in [0.05, 0.1) is 24.8 Å². The zero-order valence-corrected chi connectivity index (χ0v) is 23.0. The molecule has 0 bridgehead atoms. The van der Waals surface area contributed by atoms with Gasteiger partial charge in [-0.15, -0.1) is 0 Å². The molecule has 1 unspecified atom stereocenters. The minimum Gasteiger partial charge on any atom is -0.507 e. The van der Waals surface area contributed by atoms with Crippen LogP contribution in [0.25, 0.3) is 5.76 Å². The number of hydrogen-bond acceptors (Lipinski definition) is 5. The van der Waals surface area contributed by atoms with Gasteiger partial charge in [-0.2, -0.15) is 0 Å². The van der Waals surface area contributed by atoms with E-state index in [-0.39, 0.29) is 16.7 Å². The lowest BCUT2D eigenvalue weighted by atomic mass is 9.85. The number of carbonyl (C=O) groups is 2. The molecule has 2 aliphatic heterocycles. The number of carbonyl (C=O) groups excluding carboxylic acids is 2. The monoisotopic (exact) mass is 525 g/mol. The molecule has 202 valence electrons. The SMILES string of the molecule is CCCOc1cccc(N2C(=O)C(=O)/C(=C(\O)c3ccc4c(c3)CCCO4)C2c2ccc(C(C)(C)C)cc2)c1. The Morgan fingerprint density at radius 1 is 1.05 bits per heavy atom. The fraction of sp³-hybridized carbons (Fsp3) is 0.333. The summed E-state index contributed by atoms with van der Waals surface area (Å²) in [6.45, 7) is 9.63. The van der Waals surface area contributed by atoms with Crippen molar-refractivity contribution in [1.82, 2.24) is 0 Å². The molecule has 2 aliphatic rings. The largest absolute Gasteiger partial charge is 0.507 e. The van der Waals surface area contributed by atoms with E-state index in [1.807, 2.05) is 55.5 Å². The first-order valence-corrected chi connectivity index (χ1v) is 13.6. The van der Waals surface area contributed by atoms with Gasteiger partial charge in [0.2, 0.25) is 0 Å². The van der Waals surface area contributed by atoms with Gasteiger partial charge >= 0.3 is 0 Å². The van der Waals surface area contributed by atoms with E-state index in [1.165, 1.54) is 4.90 Å². The second-order valence-electron chi connectivity index (χ2n) is 11.2. The van der Waals surface area contributed by atoms with Crippen molar-refractivity contribution in [2.24, 2.45) is 0 Å². The number of aliphatic hydroxyl groups excluding tert-OH is 1.